The Morgan fingerprint density at radius 2 is 1.95 bits per heavy atom. The van der Waals surface area contributed by atoms with Gasteiger partial charge in [-0.2, -0.15) is 0 Å². The molecule has 1 saturated heterocycles. The van der Waals surface area contributed by atoms with Crippen molar-refractivity contribution in [2.75, 3.05) is 30.7 Å². The summed E-state index contributed by atoms with van der Waals surface area (Å²) >= 11 is 6.52. The number of nitrogens with two attached hydrogens (primary N) is 1. The highest BCUT2D eigenvalue weighted by Gasteiger charge is 2.26. The molecule has 1 aliphatic rings. The third-order valence-electron chi connectivity index (χ3n) is 7.01. The number of benzene rings is 2. The molecule has 40 heavy (non-hydrogen) atoms. The van der Waals surface area contributed by atoms with Crippen molar-refractivity contribution in [3.63, 3.8) is 0 Å². The molecular weight excluding hydrogens is 548 g/mol. The number of halogens is 1. The molecule has 1 fully saturated rings. The molecule has 1 aliphatic heterocycles. The third kappa shape index (κ3) is 5.32. The van der Waals surface area contributed by atoms with Gasteiger partial charge in [0.15, 0.2) is 0 Å². The molecule has 0 aliphatic carbocycles. The van der Waals surface area contributed by atoms with E-state index in [0.717, 1.165) is 12.8 Å². The summed E-state index contributed by atoms with van der Waals surface area (Å²) in [5.41, 5.74) is 8.41. The zero-order valence-corrected chi connectivity index (χ0v) is 23.3. The number of hydrogen-bond acceptors (Lipinski definition) is 7. The SMILES string of the molecule is C=CC(=C)S(=O)(=O)n1cc(-c2nc(NCC3CCCN(C(=O)c4ccc(N)cc4)C3)ncc2Cl)c2ccccc21. The minimum atomic E-state index is -3.92. The lowest BCUT2D eigenvalue weighted by Gasteiger charge is -2.33. The van der Waals surface area contributed by atoms with Crippen molar-refractivity contribution in [2.45, 2.75) is 12.8 Å². The minimum Gasteiger partial charge on any atom is -0.399 e. The van der Waals surface area contributed by atoms with E-state index in [-0.39, 0.29) is 21.8 Å². The van der Waals surface area contributed by atoms with E-state index in [4.69, 9.17) is 17.3 Å². The van der Waals surface area contributed by atoms with Crippen LogP contribution in [-0.4, -0.2) is 52.8 Å². The molecule has 9 nitrogen and oxygen atoms in total. The van der Waals surface area contributed by atoms with E-state index in [1.54, 1.807) is 36.4 Å². The second-order valence-corrected chi connectivity index (χ2v) is 12.0. The molecule has 0 bridgehead atoms. The van der Waals surface area contributed by atoms with Gasteiger partial charge in [-0.05, 0) is 55.2 Å². The van der Waals surface area contributed by atoms with Gasteiger partial charge in [0.2, 0.25) is 5.95 Å². The third-order valence-corrected chi connectivity index (χ3v) is 8.93. The number of nitrogens with one attached hydrogen (secondary N) is 1. The van der Waals surface area contributed by atoms with Gasteiger partial charge in [-0.1, -0.05) is 43.0 Å². The van der Waals surface area contributed by atoms with Gasteiger partial charge in [0.1, 0.15) is 0 Å². The van der Waals surface area contributed by atoms with Crippen LogP contribution in [0.15, 0.2) is 85.1 Å². The van der Waals surface area contributed by atoms with E-state index < -0.39 is 10.0 Å². The Balaban J connectivity index is 1.37. The summed E-state index contributed by atoms with van der Waals surface area (Å²) in [4.78, 5) is 23.7. The number of allylic oxidation sites excluding steroid dienone is 1. The Morgan fingerprint density at radius 3 is 2.70 bits per heavy atom. The first-order chi connectivity index (χ1) is 19.2. The van der Waals surface area contributed by atoms with E-state index in [0.29, 0.717) is 59.0 Å². The summed E-state index contributed by atoms with van der Waals surface area (Å²) in [6, 6.07) is 14.1. The average molecular weight is 577 g/mol. The molecule has 2 aromatic carbocycles. The highest BCUT2D eigenvalue weighted by molar-refractivity contribution is 7.94. The van der Waals surface area contributed by atoms with Crippen LogP contribution in [0.25, 0.3) is 22.2 Å². The molecule has 3 heterocycles. The van der Waals surface area contributed by atoms with Crippen molar-refractivity contribution in [3.05, 3.63) is 95.6 Å². The number of anilines is 2. The Morgan fingerprint density at radius 1 is 1.20 bits per heavy atom. The predicted molar refractivity (Wildman–Crippen MR) is 160 cm³/mol. The highest BCUT2D eigenvalue weighted by Crippen LogP contribution is 2.35. The van der Waals surface area contributed by atoms with Crippen molar-refractivity contribution in [1.29, 1.82) is 0 Å². The standard InChI is InChI=1S/C29H29ClN6O3S/c1-3-19(2)40(38,39)36-18-24(23-8-4-5-9-26(23)36)27-25(30)16-33-29(34-27)32-15-20-7-6-14-35(17-20)28(37)21-10-12-22(31)13-11-21/h3-5,8-13,16,18,20H,1-2,6-7,14-15,17,31H2,(H,32,33,34). The molecule has 1 amide bonds. The number of aromatic nitrogens is 3. The van der Waals surface area contributed by atoms with Crippen LogP contribution in [0.1, 0.15) is 23.2 Å². The molecule has 2 aromatic heterocycles. The highest BCUT2D eigenvalue weighted by atomic mass is 35.5. The molecule has 0 saturated carbocycles. The predicted octanol–water partition coefficient (Wildman–Crippen LogP) is 5.18. The summed E-state index contributed by atoms with van der Waals surface area (Å²) in [7, 11) is -3.92. The molecule has 0 radical (unpaired) electrons. The van der Waals surface area contributed by atoms with Crippen LogP contribution in [0.5, 0.6) is 0 Å². The lowest BCUT2D eigenvalue weighted by molar-refractivity contribution is 0.0680. The van der Waals surface area contributed by atoms with Crippen molar-refractivity contribution in [3.8, 4) is 11.3 Å². The number of fused-ring (bicyclic) bond motifs is 1. The zero-order valence-electron chi connectivity index (χ0n) is 21.8. The molecule has 206 valence electrons. The molecule has 11 heteroatoms. The van der Waals surface area contributed by atoms with Crippen LogP contribution in [0.2, 0.25) is 5.02 Å². The molecule has 0 spiro atoms. The Bertz CT molecular complexity index is 1720. The van der Waals surface area contributed by atoms with Gasteiger partial charge < -0.3 is 16.0 Å². The van der Waals surface area contributed by atoms with Crippen LogP contribution < -0.4 is 11.1 Å². The quantitative estimate of drug-likeness (QED) is 0.219. The van der Waals surface area contributed by atoms with Gasteiger partial charge >= 0.3 is 0 Å². The van der Waals surface area contributed by atoms with Crippen molar-refractivity contribution < 1.29 is 13.2 Å². The summed E-state index contributed by atoms with van der Waals surface area (Å²) in [6.07, 6.45) is 6.04. The molecule has 1 atom stereocenters. The number of hydrogen-bond donors (Lipinski definition) is 2. The second kappa shape index (κ2) is 11.1. The van der Waals surface area contributed by atoms with Crippen molar-refractivity contribution in [2.24, 2.45) is 5.92 Å². The van der Waals surface area contributed by atoms with Gasteiger partial charge in [0.05, 0.1) is 27.3 Å². The van der Waals surface area contributed by atoms with E-state index in [2.05, 4.69) is 28.4 Å². The summed E-state index contributed by atoms with van der Waals surface area (Å²) in [6.45, 7) is 9.04. The van der Waals surface area contributed by atoms with Gasteiger partial charge in [0.25, 0.3) is 15.9 Å². The first-order valence-corrected chi connectivity index (χ1v) is 14.6. The monoisotopic (exact) mass is 576 g/mol. The fraction of sp³-hybridized carbons (Fsp3) is 0.207. The summed E-state index contributed by atoms with van der Waals surface area (Å²) in [5, 5.41) is 4.23. The fourth-order valence-electron chi connectivity index (χ4n) is 4.87. The largest absolute Gasteiger partial charge is 0.399 e. The van der Waals surface area contributed by atoms with E-state index in [1.165, 1.54) is 22.4 Å². The molecule has 4 aromatic rings. The van der Waals surface area contributed by atoms with E-state index in [9.17, 15) is 13.2 Å². The van der Waals surface area contributed by atoms with E-state index >= 15 is 0 Å². The molecule has 1 unspecified atom stereocenters. The van der Waals surface area contributed by atoms with Crippen LogP contribution in [-0.2, 0) is 10.0 Å². The van der Waals surface area contributed by atoms with Gasteiger partial charge in [-0.3, -0.25) is 4.79 Å². The van der Waals surface area contributed by atoms with Gasteiger partial charge in [-0.25, -0.2) is 22.4 Å². The Hall–Kier alpha value is -4.15. The Kier molecular flexibility index (Phi) is 7.64. The lowest BCUT2D eigenvalue weighted by atomic mass is 9.97. The maximum atomic E-state index is 13.1. The lowest BCUT2D eigenvalue weighted by Crippen LogP contribution is -2.41. The smallest absolute Gasteiger partial charge is 0.267 e. The number of carbonyl (C=O) groups is 1. The van der Waals surface area contributed by atoms with Crippen molar-refractivity contribution in [1.82, 2.24) is 18.8 Å². The second-order valence-electron chi connectivity index (χ2n) is 9.68. The minimum absolute atomic E-state index is 0.0137. The van der Waals surface area contributed by atoms with Crippen LogP contribution in [0.3, 0.4) is 0 Å². The van der Waals surface area contributed by atoms with Gasteiger partial charge in [0, 0.05) is 48.0 Å². The molecule has 3 N–H and O–H groups in total. The fourth-order valence-corrected chi connectivity index (χ4v) is 6.19. The van der Waals surface area contributed by atoms with Crippen molar-refractivity contribution >= 4 is 50.1 Å². The first kappa shape index (κ1) is 27.4. The number of likely N-dealkylation sites (tertiary alicyclic amines) is 1. The number of rotatable bonds is 8. The number of amides is 1. The number of nitrogens with zero attached hydrogens (tertiary/aromatic N) is 4. The topological polar surface area (TPSA) is 123 Å². The average Bonchev–Trinajstić information content (AvgIpc) is 3.37. The Labute approximate surface area is 238 Å². The van der Waals surface area contributed by atoms with E-state index in [1.807, 2.05) is 17.0 Å². The summed E-state index contributed by atoms with van der Waals surface area (Å²) in [5.74, 6) is 0.544. The van der Waals surface area contributed by atoms with Gasteiger partial charge in [-0.15, -0.1) is 0 Å². The number of piperidine rings is 1. The maximum absolute atomic E-state index is 13.1. The number of para-hydroxylation sites is 1. The molecule has 5 rings (SSSR count). The maximum Gasteiger partial charge on any atom is 0.267 e. The number of carbonyl (C=O) groups excluding carboxylic acids is 1. The molecular formula is C29H29ClN6O3S. The zero-order chi connectivity index (χ0) is 28.4. The van der Waals surface area contributed by atoms with Crippen LogP contribution >= 0.6 is 11.6 Å². The van der Waals surface area contributed by atoms with Crippen LogP contribution in [0, 0.1) is 5.92 Å². The number of nitrogen functional groups attached to an aromatic ring is 1. The normalized spacial score (nSPS) is 15.6. The van der Waals surface area contributed by atoms with Crippen LogP contribution in [0.4, 0.5) is 11.6 Å². The first-order valence-electron chi connectivity index (χ1n) is 12.8. The summed E-state index contributed by atoms with van der Waals surface area (Å²) < 4.78 is 27.4.